The summed E-state index contributed by atoms with van der Waals surface area (Å²) in [5, 5.41) is 24.3. The minimum Gasteiger partial charge on any atom is -0.550 e. The van der Waals surface area contributed by atoms with Gasteiger partial charge in [0.1, 0.15) is 0 Å². The van der Waals surface area contributed by atoms with Crippen LogP contribution in [0.5, 0.6) is 0 Å². The van der Waals surface area contributed by atoms with E-state index in [1.54, 1.807) is 6.92 Å². The van der Waals surface area contributed by atoms with E-state index in [0.29, 0.717) is 18.5 Å². The molecule has 0 saturated carbocycles. The molecular formula is C16H19NO5-2. The molecule has 0 aliphatic carbocycles. The van der Waals surface area contributed by atoms with Crippen molar-refractivity contribution >= 4 is 23.5 Å². The van der Waals surface area contributed by atoms with Crippen molar-refractivity contribution in [1.82, 2.24) is 0 Å². The smallest absolute Gasteiger partial charge is 0.224 e. The van der Waals surface area contributed by atoms with E-state index < -0.39 is 17.9 Å². The lowest BCUT2D eigenvalue weighted by atomic mass is 9.87. The van der Waals surface area contributed by atoms with Gasteiger partial charge in [-0.15, -0.1) is 0 Å². The van der Waals surface area contributed by atoms with E-state index in [1.165, 1.54) is 24.3 Å². The fraction of sp³-hybridized carbons (Fsp3) is 0.438. The lowest BCUT2D eigenvalue weighted by Crippen LogP contribution is -2.36. The highest BCUT2D eigenvalue weighted by atomic mass is 16.4. The number of carboxylic acid groups (broad SMARTS) is 2. The quantitative estimate of drug-likeness (QED) is 0.737. The molecule has 0 heterocycles. The molecule has 0 aliphatic heterocycles. The second-order valence-corrected chi connectivity index (χ2v) is 5.31. The second kappa shape index (κ2) is 8.17. The first-order valence-electron chi connectivity index (χ1n) is 7.17. The number of hydrogen-bond donors (Lipinski definition) is 1. The fourth-order valence-corrected chi connectivity index (χ4v) is 2.28. The van der Waals surface area contributed by atoms with Crippen LogP contribution in [-0.4, -0.2) is 17.8 Å². The third-order valence-corrected chi connectivity index (χ3v) is 3.50. The van der Waals surface area contributed by atoms with E-state index in [1.807, 2.05) is 6.92 Å². The zero-order valence-electron chi connectivity index (χ0n) is 12.6. The highest BCUT2D eigenvalue weighted by Gasteiger charge is 2.20. The van der Waals surface area contributed by atoms with Crippen LogP contribution in [0.4, 0.5) is 5.69 Å². The molecule has 6 heteroatoms. The van der Waals surface area contributed by atoms with E-state index in [9.17, 15) is 24.6 Å². The Bertz CT molecular complexity index is 538. The number of carbonyl (C=O) groups excluding carboxylic acids is 3. The Morgan fingerprint density at radius 2 is 1.73 bits per heavy atom. The van der Waals surface area contributed by atoms with Crippen molar-refractivity contribution in [1.29, 1.82) is 0 Å². The Balaban J connectivity index is 2.61. The third-order valence-electron chi connectivity index (χ3n) is 3.50. The second-order valence-electron chi connectivity index (χ2n) is 5.31. The van der Waals surface area contributed by atoms with Gasteiger partial charge in [-0.25, -0.2) is 0 Å². The highest BCUT2D eigenvalue weighted by molar-refractivity contribution is 5.92. The summed E-state index contributed by atoms with van der Waals surface area (Å²) in [6.07, 6.45) is 1.23. The Morgan fingerprint density at radius 3 is 2.18 bits per heavy atom. The Hall–Kier alpha value is -2.37. The summed E-state index contributed by atoms with van der Waals surface area (Å²) in [5.41, 5.74) is 0.467. The van der Waals surface area contributed by atoms with Crippen LogP contribution in [-0.2, 0) is 9.59 Å². The van der Waals surface area contributed by atoms with Crippen LogP contribution in [0.15, 0.2) is 24.3 Å². The predicted octanol–water partition coefficient (Wildman–Crippen LogP) is 0.181. The Kier molecular flexibility index (Phi) is 6.56. The van der Waals surface area contributed by atoms with E-state index in [2.05, 4.69) is 5.32 Å². The first kappa shape index (κ1) is 17.7. The molecule has 6 nitrogen and oxygen atoms in total. The number of carbonyl (C=O) groups is 3. The molecule has 0 aliphatic rings. The fourth-order valence-electron chi connectivity index (χ4n) is 2.28. The minimum atomic E-state index is -1.29. The molecule has 1 N–H and O–H groups in total. The van der Waals surface area contributed by atoms with Crippen LogP contribution in [0, 0.1) is 11.8 Å². The van der Waals surface area contributed by atoms with Crippen LogP contribution in [0.3, 0.4) is 0 Å². The van der Waals surface area contributed by atoms with E-state index in [0.717, 1.165) is 0 Å². The maximum atomic E-state index is 11.9. The highest BCUT2D eigenvalue weighted by Crippen LogP contribution is 2.21. The maximum Gasteiger partial charge on any atom is 0.224 e. The van der Waals surface area contributed by atoms with Gasteiger partial charge >= 0.3 is 0 Å². The number of amides is 1. The van der Waals surface area contributed by atoms with Gasteiger partial charge in [0.25, 0.3) is 0 Å². The number of hydrogen-bond acceptors (Lipinski definition) is 5. The zero-order chi connectivity index (χ0) is 16.7. The topological polar surface area (TPSA) is 109 Å². The standard InChI is InChI=1S/C16H21NO5/c1-3-4-13(16(21)22)10(2)9-14(18)17-12-7-5-11(6-8-12)15(19)20/h5-8,10,13H,3-4,9H2,1-2H3,(H,17,18)(H,19,20)(H,21,22)/p-2/t10-,13+/m1/s1. The van der Waals surface area contributed by atoms with Gasteiger partial charge in [0.05, 0.1) is 5.97 Å². The summed E-state index contributed by atoms with van der Waals surface area (Å²) in [6, 6.07) is 5.57. The zero-order valence-corrected chi connectivity index (χ0v) is 12.6. The number of aliphatic carboxylic acids is 1. The molecule has 1 amide bonds. The van der Waals surface area contributed by atoms with Crippen molar-refractivity contribution in [2.45, 2.75) is 33.1 Å². The van der Waals surface area contributed by atoms with E-state index in [4.69, 9.17) is 0 Å². The third kappa shape index (κ3) is 5.20. The lowest BCUT2D eigenvalue weighted by Gasteiger charge is -2.24. The summed E-state index contributed by atoms with van der Waals surface area (Å²) < 4.78 is 0. The first-order valence-corrected chi connectivity index (χ1v) is 7.17. The van der Waals surface area contributed by atoms with Gasteiger partial charge in [0.2, 0.25) is 5.91 Å². The van der Waals surface area contributed by atoms with Gasteiger partial charge in [-0.2, -0.15) is 0 Å². The normalized spacial score (nSPS) is 13.2. The number of nitrogens with one attached hydrogen (secondary N) is 1. The molecule has 0 spiro atoms. The van der Waals surface area contributed by atoms with Crippen LogP contribution in [0.2, 0.25) is 0 Å². The van der Waals surface area contributed by atoms with Crippen molar-refractivity contribution < 1.29 is 24.6 Å². The van der Waals surface area contributed by atoms with Gasteiger partial charge in [-0.1, -0.05) is 32.4 Å². The Labute approximate surface area is 129 Å². The number of benzene rings is 1. The average molecular weight is 305 g/mol. The molecule has 0 unspecified atom stereocenters. The van der Waals surface area contributed by atoms with Crippen LogP contribution >= 0.6 is 0 Å². The van der Waals surface area contributed by atoms with Crippen LogP contribution < -0.4 is 15.5 Å². The SMILES string of the molecule is CCC[C@H](C(=O)[O-])[C@H](C)CC(=O)Nc1ccc(C(=O)[O-])cc1. The monoisotopic (exact) mass is 305 g/mol. The van der Waals surface area contributed by atoms with Crippen molar-refractivity contribution in [3.05, 3.63) is 29.8 Å². The molecule has 22 heavy (non-hydrogen) atoms. The van der Waals surface area contributed by atoms with Gasteiger partial charge in [-0.05, 0) is 30.0 Å². The predicted molar refractivity (Wildman–Crippen MR) is 76.6 cm³/mol. The molecular weight excluding hydrogens is 286 g/mol. The molecule has 0 aromatic heterocycles. The minimum absolute atomic E-state index is 0.0197. The average Bonchev–Trinajstić information content (AvgIpc) is 2.44. The molecule has 0 saturated heterocycles. The number of anilines is 1. The number of rotatable bonds is 8. The molecule has 120 valence electrons. The van der Waals surface area contributed by atoms with E-state index in [-0.39, 0.29) is 23.8 Å². The summed E-state index contributed by atoms with van der Waals surface area (Å²) in [4.78, 5) is 33.6. The first-order chi connectivity index (χ1) is 10.3. The van der Waals surface area contributed by atoms with Crippen LogP contribution in [0.25, 0.3) is 0 Å². The Morgan fingerprint density at radius 1 is 1.14 bits per heavy atom. The van der Waals surface area contributed by atoms with Gasteiger partial charge in [0, 0.05) is 24.0 Å². The van der Waals surface area contributed by atoms with Gasteiger partial charge < -0.3 is 25.1 Å². The van der Waals surface area contributed by atoms with E-state index >= 15 is 0 Å². The molecule has 2 atom stereocenters. The van der Waals surface area contributed by atoms with Crippen LogP contribution in [0.1, 0.15) is 43.5 Å². The maximum absolute atomic E-state index is 11.9. The van der Waals surface area contributed by atoms with Crippen molar-refractivity contribution in [2.24, 2.45) is 11.8 Å². The van der Waals surface area contributed by atoms with Crippen molar-refractivity contribution in [3.8, 4) is 0 Å². The van der Waals surface area contributed by atoms with Gasteiger partial charge in [-0.3, -0.25) is 4.79 Å². The lowest BCUT2D eigenvalue weighted by molar-refractivity contribution is -0.313. The van der Waals surface area contributed by atoms with Gasteiger partial charge in [0.15, 0.2) is 0 Å². The number of carboxylic acids is 2. The summed E-state index contributed by atoms with van der Waals surface area (Å²) in [7, 11) is 0. The molecule has 1 aromatic rings. The molecule has 0 fully saturated rings. The summed E-state index contributed by atoms with van der Waals surface area (Å²) >= 11 is 0. The summed E-state index contributed by atoms with van der Waals surface area (Å²) in [5.74, 6) is -3.75. The van der Waals surface area contributed by atoms with Crippen molar-refractivity contribution in [2.75, 3.05) is 5.32 Å². The summed E-state index contributed by atoms with van der Waals surface area (Å²) in [6.45, 7) is 3.58. The molecule has 0 bridgehead atoms. The number of aromatic carboxylic acids is 1. The molecule has 0 radical (unpaired) electrons. The largest absolute Gasteiger partial charge is 0.550 e. The molecule has 1 aromatic carbocycles. The van der Waals surface area contributed by atoms with Crippen molar-refractivity contribution in [3.63, 3.8) is 0 Å². The molecule has 1 rings (SSSR count).